The molecule has 0 saturated carbocycles. The number of aromatic nitrogens is 6. The van der Waals surface area contributed by atoms with Crippen LogP contribution in [-0.2, 0) is 0 Å². The van der Waals surface area contributed by atoms with Crippen LogP contribution in [-0.4, -0.2) is 41.8 Å². The number of nitrogens with zero attached hydrogens (tertiary/aromatic N) is 6. The highest BCUT2D eigenvalue weighted by Gasteiger charge is 2.16. The molecule has 8 nitrogen and oxygen atoms in total. The van der Waals surface area contributed by atoms with Crippen molar-refractivity contribution in [1.82, 2.24) is 30.0 Å². The standard InChI is InChI=1S/C16H12N6O2/c23-15(21-13-7-3-1-5-11(13)17-19-21)9-10-16(24)22-14-8-4-2-6-12(14)18-20-22/h1-8H,9-10H2. The SMILES string of the molecule is O=C(CCC(=O)n1nnc2ccccc21)n1nnc2ccccc21. The Hall–Kier alpha value is -3.42. The number of para-hydroxylation sites is 2. The Morgan fingerprint density at radius 1 is 0.708 bits per heavy atom. The summed E-state index contributed by atoms with van der Waals surface area (Å²) in [6.07, 6.45) is 0.0285. The summed E-state index contributed by atoms with van der Waals surface area (Å²) in [5.74, 6) is -0.581. The van der Waals surface area contributed by atoms with Crippen molar-refractivity contribution in [2.24, 2.45) is 0 Å². The lowest BCUT2D eigenvalue weighted by Gasteiger charge is -2.02. The van der Waals surface area contributed by atoms with Gasteiger partial charge in [-0.3, -0.25) is 9.59 Å². The molecule has 118 valence electrons. The average Bonchev–Trinajstić information content (AvgIpc) is 3.23. The Labute approximate surface area is 135 Å². The molecule has 0 aliphatic carbocycles. The molecule has 0 atom stereocenters. The van der Waals surface area contributed by atoms with Crippen LogP contribution in [0.5, 0.6) is 0 Å². The minimum Gasteiger partial charge on any atom is -0.272 e. The number of carbonyl (C=O) groups is 2. The van der Waals surface area contributed by atoms with Crippen molar-refractivity contribution in [1.29, 1.82) is 0 Å². The molecule has 2 aromatic heterocycles. The molecule has 0 N–H and O–H groups in total. The van der Waals surface area contributed by atoms with Gasteiger partial charge < -0.3 is 0 Å². The lowest BCUT2D eigenvalue weighted by Crippen LogP contribution is -2.18. The maximum atomic E-state index is 12.3. The third-order valence-corrected chi connectivity index (χ3v) is 3.73. The third kappa shape index (κ3) is 2.34. The Kier molecular flexibility index (Phi) is 3.34. The van der Waals surface area contributed by atoms with Gasteiger partial charge in [0.05, 0.1) is 11.0 Å². The van der Waals surface area contributed by atoms with E-state index in [9.17, 15) is 9.59 Å². The van der Waals surface area contributed by atoms with Gasteiger partial charge in [0.1, 0.15) is 11.0 Å². The molecular formula is C16H12N6O2. The topological polar surface area (TPSA) is 95.6 Å². The van der Waals surface area contributed by atoms with E-state index in [4.69, 9.17) is 0 Å². The molecule has 0 unspecified atom stereocenters. The van der Waals surface area contributed by atoms with Crippen molar-refractivity contribution in [2.45, 2.75) is 12.8 Å². The van der Waals surface area contributed by atoms with Gasteiger partial charge in [0.2, 0.25) is 11.8 Å². The highest BCUT2D eigenvalue weighted by Crippen LogP contribution is 2.13. The van der Waals surface area contributed by atoms with E-state index in [1.807, 2.05) is 24.3 Å². The van der Waals surface area contributed by atoms with Crippen LogP contribution in [0.4, 0.5) is 0 Å². The van der Waals surface area contributed by atoms with Gasteiger partial charge in [-0.15, -0.1) is 10.2 Å². The molecule has 0 fully saturated rings. The van der Waals surface area contributed by atoms with Gasteiger partial charge in [-0.25, -0.2) is 0 Å². The summed E-state index contributed by atoms with van der Waals surface area (Å²) in [7, 11) is 0. The second-order valence-corrected chi connectivity index (χ2v) is 5.27. The lowest BCUT2D eigenvalue weighted by molar-refractivity contribution is 0.0817. The van der Waals surface area contributed by atoms with E-state index in [1.165, 1.54) is 9.36 Å². The Balaban J connectivity index is 1.52. The van der Waals surface area contributed by atoms with Crippen LogP contribution in [0.2, 0.25) is 0 Å². The highest BCUT2D eigenvalue weighted by molar-refractivity contribution is 5.93. The summed E-state index contributed by atoms with van der Waals surface area (Å²) < 4.78 is 2.45. The summed E-state index contributed by atoms with van der Waals surface area (Å²) in [5, 5.41) is 15.6. The van der Waals surface area contributed by atoms with E-state index in [2.05, 4.69) is 20.6 Å². The van der Waals surface area contributed by atoms with Gasteiger partial charge in [-0.05, 0) is 24.3 Å². The molecule has 4 aromatic rings. The Bertz CT molecular complexity index is 979. The fourth-order valence-corrected chi connectivity index (χ4v) is 2.53. The number of rotatable bonds is 3. The minimum absolute atomic E-state index is 0.0143. The van der Waals surface area contributed by atoms with Gasteiger partial charge >= 0.3 is 0 Å². The van der Waals surface area contributed by atoms with Gasteiger partial charge in [0.15, 0.2) is 0 Å². The van der Waals surface area contributed by atoms with Gasteiger partial charge in [0, 0.05) is 12.8 Å². The monoisotopic (exact) mass is 320 g/mol. The predicted molar refractivity (Wildman–Crippen MR) is 85.5 cm³/mol. The first kappa shape index (κ1) is 14.2. The van der Waals surface area contributed by atoms with E-state index in [-0.39, 0.29) is 24.7 Å². The fraction of sp³-hybridized carbons (Fsp3) is 0.125. The number of benzene rings is 2. The second kappa shape index (κ2) is 5.65. The first-order chi connectivity index (χ1) is 11.7. The average molecular weight is 320 g/mol. The molecule has 0 spiro atoms. The van der Waals surface area contributed by atoms with E-state index >= 15 is 0 Å². The minimum atomic E-state index is -0.290. The molecule has 24 heavy (non-hydrogen) atoms. The second-order valence-electron chi connectivity index (χ2n) is 5.27. The van der Waals surface area contributed by atoms with Crippen LogP contribution in [0.1, 0.15) is 22.4 Å². The Morgan fingerprint density at radius 3 is 1.58 bits per heavy atom. The molecule has 2 aromatic carbocycles. The van der Waals surface area contributed by atoms with Crippen molar-refractivity contribution >= 4 is 33.9 Å². The summed E-state index contributed by atoms with van der Waals surface area (Å²) in [4.78, 5) is 24.6. The zero-order valence-electron chi connectivity index (χ0n) is 12.5. The maximum absolute atomic E-state index is 12.3. The molecule has 0 amide bonds. The first-order valence-electron chi connectivity index (χ1n) is 7.41. The van der Waals surface area contributed by atoms with Crippen LogP contribution in [0.15, 0.2) is 48.5 Å². The number of fused-ring (bicyclic) bond motifs is 2. The third-order valence-electron chi connectivity index (χ3n) is 3.73. The molecule has 0 aliphatic heterocycles. The summed E-state index contributed by atoms with van der Waals surface area (Å²) >= 11 is 0. The zero-order chi connectivity index (χ0) is 16.5. The van der Waals surface area contributed by atoms with Crippen LogP contribution in [0.3, 0.4) is 0 Å². The molecule has 0 bridgehead atoms. The molecule has 0 radical (unpaired) electrons. The van der Waals surface area contributed by atoms with Crippen molar-refractivity contribution in [3.63, 3.8) is 0 Å². The molecule has 2 heterocycles. The lowest BCUT2D eigenvalue weighted by atomic mass is 10.2. The Morgan fingerprint density at radius 2 is 1.12 bits per heavy atom. The molecular weight excluding hydrogens is 308 g/mol. The quantitative estimate of drug-likeness (QED) is 0.572. The van der Waals surface area contributed by atoms with Crippen LogP contribution >= 0.6 is 0 Å². The number of carbonyl (C=O) groups excluding carboxylic acids is 2. The van der Waals surface area contributed by atoms with Crippen LogP contribution in [0.25, 0.3) is 22.1 Å². The largest absolute Gasteiger partial charge is 0.272 e. The van der Waals surface area contributed by atoms with E-state index in [0.717, 1.165) is 0 Å². The fourth-order valence-electron chi connectivity index (χ4n) is 2.53. The van der Waals surface area contributed by atoms with Crippen molar-refractivity contribution < 1.29 is 9.59 Å². The van der Waals surface area contributed by atoms with Crippen LogP contribution < -0.4 is 0 Å². The molecule has 4 rings (SSSR count). The smallest absolute Gasteiger partial charge is 0.249 e. The van der Waals surface area contributed by atoms with E-state index in [0.29, 0.717) is 22.1 Å². The molecule has 8 heteroatoms. The molecule has 0 aliphatic rings. The van der Waals surface area contributed by atoms with Crippen LogP contribution in [0, 0.1) is 0 Å². The number of hydrogen-bond donors (Lipinski definition) is 0. The summed E-state index contributed by atoms with van der Waals surface area (Å²) in [6.45, 7) is 0. The summed E-state index contributed by atoms with van der Waals surface area (Å²) in [5.41, 5.74) is 2.53. The van der Waals surface area contributed by atoms with E-state index in [1.54, 1.807) is 24.3 Å². The van der Waals surface area contributed by atoms with Crippen molar-refractivity contribution in [3.05, 3.63) is 48.5 Å². The predicted octanol–water partition coefficient (Wildman–Crippen LogP) is 1.94. The highest BCUT2D eigenvalue weighted by atomic mass is 16.2. The molecule has 0 saturated heterocycles. The van der Waals surface area contributed by atoms with Gasteiger partial charge in [-0.1, -0.05) is 34.7 Å². The normalized spacial score (nSPS) is 11.2. The van der Waals surface area contributed by atoms with Gasteiger partial charge in [0.25, 0.3) is 0 Å². The first-order valence-corrected chi connectivity index (χ1v) is 7.41. The van der Waals surface area contributed by atoms with Gasteiger partial charge in [-0.2, -0.15) is 9.36 Å². The van der Waals surface area contributed by atoms with Crippen molar-refractivity contribution in [3.8, 4) is 0 Å². The van der Waals surface area contributed by atoms with Crippen molar-refractivity contribution in [2.75, 3.05) is 0 Å². The maximum Gasteiger partial charge on any atom is 0.249 e. The zero-order valence-corrected chi connectivity index (χ0v) is 12.5. The summed E-state index contributed by atoms with van der Waals surface area (Å²) in [6, 6.07) is 14.3. The van der Waals surface area contributed by atoms with E-state index < -0.39 is 0 Å². The number of hydrogen-bond acceptors (Lipinski definition) is 6.